The van der Waals surface area contributed by atoms with E-state index < -0.39 is 0 Å². The first-order valence-electron chi connectivity index (χ1n) is 8.59. The zero-order chi connectivity index (χ0) is 16.4. The van der Waals surface area contributed by atoms with Crippen LogP contribution in [0, 0.1) is 17.8 Å². The minimum atomic E-state index is 0.283. The second kappa shape index (κ2) is 10.9. The number of hydrogen-bond acceptors (Lipinski definition) is 2. The van der Waals surface area contributed by atoms with Gasteiger partial charge in [-0.3, -0.25) is 0 Å². The normalized spacial score (nSPS) is 15.6. The summed E-state index contributed by atoms with van der Waals surface area (Å²) >= 11 is 0. The van der Waals surface area contributed by atoms with E-state index in [1.807, 2.05) is 7.05 Å². The molecular weight excluding hydrogens is 256 g/mol. The third-order valence-electron chi connectivity index (χ3n) is 4.25. The first kappa shape index (κ1) is 20.2. The van der Waals surface area contributed by atoms with Crippen LogP contribution >= 0.6 is 0 Å². The molecule has 0 amide bonds. The van der Waals surface area contributed by atoms with E-state index in [0.29, 0.717) is 17.8 Å². The fourth-order valence-electron chi connectivity index (χ4n) is 2.76. The van der Waals surface area contributed by atoms with Gasteiger partial charge in [-0.05, 0) is 51.0 Å². The zero-order valence-corrected chi connectivity index (χ0v) is 15.3. The molecule has 0 spiro atoms. The Balaban J connectivity index is 4.47. The second-order valence-electron chi connectivity index (χ2n) is 6.96. The molecule has 0 rings (SSSR count). The number of unbranched alkanes of at least 4 members (excludes halogenated alkanes) is 1. The van der Waals surface area contributed by atoms with Crippen LogP contribution < -0.4 is 10.6 Å². The molecule has 0 aliphatic carbocycles. The van der Waals surface area contributed by atoms with Crippen molar-refractivity contribution < 1.29 is 0 Å². The maximum absolute atomic E-state index is 4.24. The van der Waals surface area contributed by atoms with E-state index >= 15 is 0 Å². The molecule has 0 aliphatic heterocycles. The average Bonchev–Trinajstić information content (AvgIpc) is 2.40. The van der Waals surface area contributed by atoms with Crippen molar-refractivity contribution in [2.45, 2.75) is 72.9 Å². The summed E-state index contributed by atoms with van der Waals surface area (Å²) < 4.78 is 0. The topological polar surface area (TPSA) is 24.1 Å². The Labute approximate surface area is 133 Å². The minimum absolute atomic E-state index is 0.283. The van der Waals surface area contributed by atoms with Gasteiger partial charge in [-0.1, -0.05) is 59.3 Å². The predicted molar refractivity (Wildman–Crippen MR) is 96.2 cm³/mol. The molecule has 21 heavy (non-hydrogen) atoms. The van der Waals surface area contributed by atoms with E-state index in [9.17, 15) is 0 Å². The molecule has 0 saturated heterocycles. The van der Waals surface area contributed by atoms with Crippen molar-refractivity contribution in [1.82, 2.24) is 10.6 Å². The fourth-order valence-corrected chi connectivity index (χ4v) is 2.76. The van der Waals surface area contributed by atoms with Crippen LogP contribution in [-0.2, 0) is 0 Å². The lowest BCUT2D eigenvalue weighted by atomic mass is 9.90. The summed E-state index contributed by atoms with van der Waals surface area (Å²) in [6, 6.07) is 0. The maximum Gasteiger partial charge on any atom is 0.0768 e. The first-order chi connectivity index (χ1) is 9.81. The van der Waals surface area contributed by atoms with Crippen LogP contribution in [0.15, 0.2) is 24.4 Å². The first-order valence-corrected chi connectivity index (χ1v) is 8.59. The van der Waals surface area contributed by atoms with Gasteiger partial charge in [0.25, 0.3) is 0 Å². The molecule has 0 saturated carbocycles. The molecule has 0 aliphatic rings. The minimum Gasteiger partial charge on any atom is -0.373 e. The van der Waals surface area contributed by atoms with Crippen LogP contribution in [0.2, 0.25) is 0 Å². The van der Waals surface area contributed by atoms with Gasteiger partial charge < -0.3 is 10.6 Å². The smallest absolute Gasteiger partial charge is 0.0768 e. The van der Waals surface area contributed by atoms with Crippen molar-refractivity contribution in [3.63, 3.8) is 0 Å². The highest BCUT2D eigenvalue weighted by atomic mass is 15.1. The van der Waals surface area contributed by atoms with Gasteiger partial charge >= 0.3 is 0 Å². The number of rotatable bonds is 12. The summed E-state index contributed by atoms with van der Waals surface area (Å²) in [7, 11) is 2.02. The molecular formula is C19H38N2. The van der Waals surface area contributed by atoms with Gasteiger partial charge in [0.05, 0.1) is 6.17 Å². The summed E-state index contributed by atoms with van der Waals surface area (Å²) in [5.41, 5.74) is 2.45. The molecule has 0 aromatic rings. The van der Waals surface area contributed by atoms with Gasteiger partial charge in [0.2, 0.25) is 0 Å². The van der Waals surface area contributed by atoms with Gasteiger partial charge in [-0.15, -0.1) is 0 Å². The van der Waals surface area contributed by atoms with Crippen LogP contribution in [0.25, 0.3) is 0 Å². The van der Waals surface area contributed by atoms with Crippen molar-refractivity contribution >= 4 is 0 Å². The van der Waals surface area contributed by atoms with Gasteiger partial charge in [0.15, 0.2) is 0 Å². The van der Waals surface area contributed by atoms with Crippen molar-refractivity contribution in [3.05, 3.63) is 24.4 Å². The third-order valence-corrected chi connectivity index (χ3v) is 4.25. The van der Waals surface area contributed by atoms with E-state index in [-0.39, 0.29) is 6.17 Å². The Hall–Kier alpha value is -0.760. The van der Waals surface area contributed by atoms with Gasteiger partial charge in [0.1, 0.15) is 0 Å². The molecule has 3 unspecified atom stereocenters. The molecule has 0 heterocycles. The molecule has 0 aromatic carbocycles. The molecule has 0 bridgehead atoms. The standard InChI is InChI=1S/C19H38N2/c1-9-10-11-18(15(4)5)13-19(20-8)21-17(7)16(6)12-14(2)3/h14,16,18-21H,4,7,9-13H2,1-3,5-6,8H3. The van der Waals surface area contributed by atoms with Gasteiger partial charge in [0, 0.05) is 5.70 Å². The Morgan fingerprint density at radius 2 is 1.71 bits per heavy atom. The van der Waals surface area contributed by atoms with Gasteiger partial charge in [-0.25, -0.2) is 0 Å². The second-order valence-corrected chi connectivity index (χ2v) is 6.96. The lowest BCUT2D eigenvalue weighted by molar-refractivity contribution is 0.358. The van der Waals surface area contributed by atoms with Crippen molar-refractivity contribution in [3.8, 4) is 0 Å². The average molecular weight is 295 g/mol. The molecule has 0 fully saturated rings. The Morgan fingerprint density at radius 1 is 1.10 bits per heavy atom. The summed E-state index contributed by atoms with van der Waals surface area (Å²) in [4.78, 5) is 0. The number of nitrogens with one attached hydrogen (secondary N) is 2. The van der Waals surface area contributed by atoms with Crippen LogP contribution in [0.1, 0.15) is 66.7 Å². The lowest BCUT2D eigenvalue weighted by Gasteiger charge is -2.28. The highest BCUT2D eigenvalue weighted by Crippen LogP contribution is 2.23. The van der Waals surface area contributed by atoms with E-state index in [0.717, 1.165) is 12.1 Å². The largest absolute Gasteiger partial charge is 0.373 e. The highest BCUT2D eigenvalue weighted by Gasteiger charge is 2.18. The zero-order valence-electron chi connectivity index (χ0n) is 15.3. The van der Waals surface area contributed by atoms with Crippen molar-refractivity contribution in [2.75, 3.05) is 7.05 Å². The summed E-state index contributed by atoms with van der Waals surface area (Å²) in [5, 5.41) is 6.98. The SMILES string of the molecule is C=C(NC(CC(CCCC)C(=C)C)NC)C(C)CC(C)C. The molecule has 0 aromatic heterocycles. The summed E-state index contributed by atoms with van der Waals surface area (Å²) in [5.74, 6) is 1.81. The molecule has 2 heteroatoms. The molecule has 0 radical (unpaired) electrons. The fraction of sp³-hybridized carbons (Fsp3) is 0.789. The lowest BCUT2D eigenvalue weighted by Crippen LogP contribution is -2.42. The predicted octanol–water partition coefficient (Wildman–Crippen LogP) is 5.09. The Bertz CT molecular complexity index is 307. The molecule has 2 N–H and O–H groups in total. The Morgan fingerprint density at radius 3 is 2.14 bits per heavy atom. The number of hydrogen-bond donors (Lipinski definition) is 2. The van der Waals surface area contributed by atoms with Crippen molar-refractivity contribution in [1.29, 1.82) is 0 Å². The van der Waals surface area contributed by atoms with E-state index in [4.69, 9.17) is 0 Å². The van der Waals surface area contributed by atoms with Crippen molar-refractivity contribution in [2.24, 2.45) is 17.8 Å². The highest BCUT2D eigenvalue weighted by molar-refractivity contribution is 5.01. The van der Waals surface area contributed by atoms with Crippen LogP contribution in [0.5, 0.6) is 0 Å². The number of allylic oxidation sites excluding steroid dienone is 2. The maximum atomic E-state index is 4.24. The molecule has 2 nitrogen and oxygen atoms in total. The summed E-state index contributed by atoms with van der Waals surface area (Å²) in [6.45, 7) is 19.6. The van der Waals surface area contributed by atoms with Crippen LogP contribution in [0.4, 0.5) is 0 Å². The van der Waals surface area contributed by atoms with E-state index in [2.05, 4.69) is 58.4 Å². The third kappa shape index (κ3) is 8.98. The summed E-state index contributed by atoms with van der Waals surface area (Å²) in [6.07, 6.45) is 6.31. The molecule has 3 atom stereocenters. The van der Waals surface area contributed by atoms with Crippen LogP contribution in [-0.4, -0.2) is 13.2 Å². The Kier molecular flexibility index (Phi) is 10.5. The van der Waals surface area contributed by atoms with Crippen LogP contribution in [0.3, 0.4) is 0 Å². The quantitative estimate of drug-likeness (QED) is 0.387. The van der Waals surface area contributed by atoms with Gasteiger partial charge in [-0.2, -0.15) is 0 Å². The monoisotopic (exact) mass is 294 g/mol. The molecule has 124 valence electrons. The van der Waals surface area contributed by atoms with E-state index in [1.165, 1.54) is 31.3 Å². The van der Waals surface area contributed by atoms with E-state index in [1.54, 1.807) is 0 Å².